The molecular weight excluding hydrogens is 530 g/mol. The summed E-state index contributed by atoms with van der Waals surface area (Å²) in [6, 6.07) is 17.1. The van der Waals surface area contributed by atoms with Crippen LogP contribution in [0.1, 0.15) is 72.1 Å². The summed E-state index contributed by atoms with van der Waals surface area (Å²) in [5, 5.41) is 11.0. The Morgan fingerprint density at radius 1 is 0.951 bits per heavy atom. The summed E-state index contributed by atoms with van der Waals surface area (Å²) in [5.74, 6) is 0.950. The third kappa shape index (κ3) is 9.95. The maximum Gasteiger partial charge on any atom is 0.225 e. The van der Waals surface area contributed by atoms with Crippen molar-refractivity contribution >= 4 is 14.2 Å². The van der Waals surface area contributed by atoms with Crippen LogP contribution in [-0.4, -0.2) is 57.1 Å². The second-order valence-electron chi connectivity index (χ2n) is 13.3. The van der Waals surface area contributed by atoms with Gasteiger partial charge >= 0.3 is 0 Å². The van der Waals surface area contributed by atoms with Crippen LogP contribution in [-0.2, 0) is 20.6 Å². The molecular formula is C34H55NO5Si. The molecule has 6 nitrogen and oxygen atoms in total. The number of aliphatic hydroxyl groups is 1. The summed E-state index contributed by atoms with van der Waals surface area (Å²) >= 11 is 0. The topological polar surface area (TPSA) is 68.2 Å². The number of hydrogen-bond donors (Lipinski definition) is 1. The van der Waals surface area contributed by atoms with Crippen LogP contribution in [0.3, 0.4) is 0 Å². The highest BCUT2D eigenvalue weighted by Gasteiger charge is 2.42. The van der Waals surface area contributed by atoms with E-state index in [1.807, 2.05) is 68.4 Å². The molecule has 2 aromatic carbocycles. The molecule has 0 radical (unpaired) electrons. The van der Waals surface area contributed by atoms with Crippen molar-refractivity contribution in [1.29, 1.82) is 0 Å². The minimum Gasteiger partial charge on any atom is -0.497 e. The van der Waals surface area contributed by atoms with Crippen LogP contribution in [0, 0.1) is 17.8 Å². The number of carbonyl (C=O) groups is 1. The summed E-state index contributed by atoms with van der Waals surface area (Å²) < 4.78 is 18.4. The van der Waals surface area contributed by atoms with Crippen LogP contribution >= 0.6 is 0 Å². The maximum absolute atomic E-state index is 13.5. The normalized spacial score (nSPS) is 16.8. The van der Waals surface area contributed by atoms with E-state index in [-0.39, 0.29) is 40.8 Å². The zero-order valence-electron chi connectivity index (χ0n) is 27.3. The van der Waals surface area contributed by atoms with E-state index in [9.17, 15) is 9.90 Å². The largest absolute Gasteiger partial charge is 0.497 e. The van der Waals surface area contributed by atoms with Gasteiger partial charge in [0.05, 0.1) is 38.6 Å². The Kier molecular flexibility index (Phi) is 13.1. The Balaban J connectivity index is 2.10. The fraction of sp³-hybridized carbons (Fsp3) is 0.618. The second kappa shape index (κ2) is 15.3. The number of carbonyl (C=O) groups excluding carboxylic acids is 1. The van der Waals surface area contributed by atoms with E-state index in [1.165, 1.54) is 0 Å². The molecule has 6 atom stereocenters. The number of ether oxygens (including phenoxy) is 2. The monoisotopic (exact) mass is 585 g/mol. The molecule has 0 aliphatic heterocycles. The molecule has 1 N–H and O–H groups in total. The van der Waals surface area contributed by atoms with Crippen molar-refractivity contribution in [2.24, 2.45) is 17.8 Å². The van der Waals surface area contributed by atoms with Crippen molar-refractivity contribution in [3.63, 3.8) is 0 Å². The number of benzene rings is 2. The molecule has 0 saturated carbocycles. The number of methoxy groups -OCH3 is 1. The molecule has 1 amide bonds. The summed E-state index contributed by atoms with van der Waals surface area (Å²) in [4.78, 5) is 15.2. The molecule has 2 rings (SSSR count). The average molecular weight is 586 g/mol. The van der Waals surface area contributed by atoms with Gasteiger partial charge in [0.25, 0.3) is 0 Å². The van der Waals surface area contributed by atoms with E-state index in [1.54, 1.807) is 19.1 Å². The number of nitrogens with zero attached hydrogens (tertiary/aromatic N) is 1. The summed E-state index contributed by atoms with van der Waals surface area (Å²) in [6.45, 7) is 20.7. The Bertz CT molecular complexity index is 1050. The SMILES string of the molecule is COc1ccc(COC[C@H](C)[C@H](O[Si](C)(C)C(C)(C)C)[C@@H](C)C[C@@H](C)C(=O)N(C)[C@@H](C)[C@H](O)c2ccccc2)cc1. The summed E-state index contributed by atoms with van der Waals surface area (Å²) in [6.07, 6.45) is -0.0913. The molecule has 0 heterocycles. The van der Waals surface area contributed by atoms with Crippen LogP contribution in [0.4, 0.5) is 0 Å². The lowest BCUT2D eigenvalue weighted by atomic mass is 9.86. The van der Waals surface area contributed by atoms with Crippen molar-refractivity contribution in [2.75, 3.05) is 20.8 Å². The summed E-state index contributed by atoms with van der Waals surface area (Å²) in [5.41, 5.74) is 1.91. The zero-order valence-corrected chi connectivity index (χ0v) is 28.3. The lowest BCUT2D eigenvalue weighted by Gasteiger charge is -2.43. The van der Waals surface area contributed by atoms with Crippen molar-refractivity contribution in [3.05, 3.63) is 65.7 Å². The molecule has 0 aliphatic carbocycles. The molecule has 230 valence electrons. The smallest absolute Gasteiger partial charge is 0.225 e. The first-order valence-electron chi connectivity index (χ1n) is 15.0. The van der Waals surface area contributed by atoms with Gasteiger partial charge in [-0.2, -0.15) is 0 Å². The Morgan fingerprint density at radius 3 is 2.07 bits per heavy atom. The third-order valence-electron chi connectivity index (χ3n) is 8.87. The van der Waals surface area contributed by atoms with E-state index in [0.717, 1.165) is 16.9 Å². The maximum atomic E-state index is 13.5. The molecule has 0 aromatic heterocycles. The molecule has 0 spiro atoms. The molecule has 0 bridgehead atoms. The van der Waals surface area contributed by atoms with Gasteiger partial charge < -0.3 is 23.9 Å². The van der Waals surface area contributed by atoms with Crippen molar-refractivity contribution in [2.45, 2.75) is 97.9 Å². The highest BCUT2D eigenvalue weighted by atomic mass is 28.4. The van der Waals surface area contributed by atoms with Crippen LogP contribution in [0.25, 0.3) is 0 Å². The van der Waals surface area contributed by atoms with Gasteiger partial charge in [0.2, 0.25) is 5.91 Å². The highest BCUT2D eigenvalue weighted by molar-refractivity contribution is 6.74. The first-order chi connectivity index (χ1) is 19.1. The highest BCUT2D eigenvalue weighted by Crippen LogP contribution is 2.40. The van der Waals surface area contributed by atoms with E-state index in [4.69, 9.17) is 13.9 Å². The average Bonchev–Trinajstić information content (AvgIpc) is 2.94. The van der Waals surface area contributed by atoms with Crippen LogP contribution < -0.4 is 4.74 Å². The van der Waals surface area contributed by atoms with Gasteiger partial charge in [0.15, 0.2) is 8.32 Å². The molecule has 2 aromatic rings. The van der Waals surface area contributed by atoms with Crippen molar-refractivity contribution < 1.29 is 23.8 Å². The molecule has 7 heteroatoms. The minimum absolute atomic E-state index is 0.0359. The molecule has 0 saturated heterocycles. The van der Waals surface area contributed by atoms with Gasteiger partial charge in [-0.15, -0.1) is 0 Å². The Hall–Kier alpha value is -2.19. The number of hydrogen-bond acceptors (Lipinski definition) is 5. The van der Waals surface area contributed by atoms with E-state index >= 15 is 0 Å². The summed E-state index contributed by atoms with van der Waals surface area (Å²) in [7, 11) is 1.38. The predicted molar refractivity (Wildman–Crippen MR) is 170 cm³/mol. The quantitative estimate of drug-likeness (QED) is 0.220. The van der Waals surface area contributed by atoms with E-state index in [2.05, 4.69) is 47.7 Å². The molecule has 0 fully saturated rings. The fourth-order valence-corrected chi connectivity index (χ4v) is 6.47. The first kappa shape index (κ1) is 35.0. The van der Waals surface area contributed by atoms with Gasteiger partial charge in [-0.1, -0.05) is 84.0 Å². The Labute approximate surface area is 250 Å². The lowest BCUT2D eigenvalue weighted by molar-refractivity contribution is -0.138. The van der Waals surface area contributed by atoms with Crippen LogP contribution in [0.2, 0.25) is 18.1 Å². The molecule has 41 heavy (non-hydrogen) atoms. The van der Waals surface area contributed by atoms with Gasteiger partial charge in [0, 0.05) is 18.9 Å². The van der Waals surface area contributed by atoms with E-state index < -0.39 is 14.4 Å². The lowest BCUT2D eigenvalue weighted by Crippen LogP contribution is -2.48. The van der Waals surface area contributed by atoms with Gasteiger partial charge in [0.1, 0.15) is 5.75 Å². The zero-order chi connectivity index (χ0) is 31.0. The number of likely N-dealkylation sites (N-methyl/N-ethyl adjacent to an activating group) is 1. The van der Waals surface area contributed by atoms with Crippen molar-refractivity contribution in [1.82, 2.24) is 4.90 Å². The van der Waals surface area contributed by atoms with Crippen LogP contribution in [0.5, 0.6) is 5.75 Å². The minimum atomic E-state index is -2.08. The van der Waals surface area contributed by atoms with Gasteiger partial charge in [-0.05, 0) is 60.7 Å². The third-order valence-corrected chi connectivity index (χ3v) is 13.3. The van der Waals surface area contributed by atoms with Gasteiger partial charge in [-0.25, -0.2) is 0 Å². The number of aliphatic hydroxyl groups excluding tert-OH is 1. The molecule has 0 unspecified atom stereocenters. The van der Waals surface area contributed by atoms with E-state index in [0.29, 0.717) is 19.6 Å². The fourth-order valence-electron chi connectivity index (χ4n) is 4.97. The van der Waals surface area contributed by atoms with Gasteiger partial charge in [-0.3, -0.25) is 4.79 Å². The van der Waals surface area contributed by atoms with Crippen LogP contribution in [0.15, 0.2) is 54.6 Å². The first-order valence-corrected chi connectivity index (χ1v) is 17.9. The Morgan fingerprint density at radius 2 is 1.54 bits per heavy atom. The number of amides is 1. The second-order valence-corrected chi connectivity index (χ2v) is 18.1. The number of rotatable bonds is 15. The predicted octanol–water partition coefficient (Wildman–Crippen LogP) is 7.48. The van der Waals surface area contributed by atoms with Crippen molar-refractivity contribution in [3.8, 4) is 5.75 Å². The molecule has 0 aliphatic rings. The standard InChI is InChI=1S/C34H55NO5Si/c1-24(21-25(2)33(37)35(8)27(4)31(36)29-15-13-12-14-16-29)32(40-41(10,11)34(5,6)7)26(3)22-39-23-28-17-19-30(38-9)20-18-28/h12-20,24-27,31-32,36H,21-23H2,1-11H3/t24-,25+,26-,27-,31-,32+/m0/s1.